The second-order valence-electron chi connectivity index (χ2n) is 7.68. The first-order chi connectivity index (χ1) is 17.1. The molecular weight excluding hydrogens is 530 g/mol. The number of hydrogen-bond donors (Lipinski definition) is 0. The zero-order chi connectivity index (χ0) is 24.2. The van der Waals surface area contributed by atoms with Crippen LogP contribution in [0.3, 0.4) is 0 Å². The minimum absolute atomic E-state index is 0.113. The first kappa shape index (κ1) is 23.3. The third-order valence-electron chi connectivity index (χ3n) is 5.50. The van der Waals surface area contributed by atoms with Gasteiger partial charge >= 0.3 is 0 Å². The highest BCUT2D eigenvalue weighted by Crippen LogP contribution is 2.35. The van der Waals surface area contributed by atoms with Crippen molar-refractivity contribution >= 4 is 39.3 Å². The van der Waals surface area contributed by atoms with Crippen LogP contribution in [0.1, 0.15) is 23.6 Å². The second-order valence-corrected chi connectivity index (χ2v) is 9.52. The summed E-state index contributed by atoms with van der Waals surface area (Å²) in [6.45, 7) is 0. The van der Waals surface area contributed by atoms with Gasteiger partial charge in [0.15, 0.2) is 0 Å². The number of nitrogens with zero attached hydrogens (tertiary/aromatic N) is 5. The van der Waals surface area contributed by atoms with E-state index in [0.29, 0.717) is 17.5 Å². The molecule has 1 atom stereocenters. The minimum atomic E-state index is -0.220. The van der Waals surface area contributed by atoms with Crippen molar-refractivity contribution in [1.82, 2.24) is 20.2 Å². The molecule has 176 valence electrons. The van der Waals surface area contributed by atoms with E-state index < -0.39 is 0 Å². The molecule has 0 spiro atoms. The van der Waals surface area contributed by atoms with Gasteiger partial charge in [0.05, 0.1) is 24.6 Å². The zero-order valence-corrected chi connectivity index (χ0v) is 21.1. The van der Waals surface area contributed by atoms with Gasteiger partial charge in [-0.1, -0.05) is 52.0 Å². The maximum absolute atomic E-state index is 13.3. The highest BCUT2D eigenvalue weighted by atomic mass is 79.9. The maximum Gasteiger partial charge on any atom is 0.277 e. The van der Waals surface area contributed by atoms with E-state index >= 15 is 0 Å². The Morgan fingerprint density at radius 2 is 1.80 bits per heavy atom. The molecule has 4 aromatic rings. The number of hydrogen-bond acceptors (Lipinski definition) is 8. The standard InChI is InChI=1S/C25H20BrN5O3S/c1-33-20-8-4-17(5-9-20)22-14-21(16-2-6-19(26)7-3-16)30-31(22)23(32)15-35-25-29-28-24(34-25)18-10-12-27-13-11-18/h2-13,22H,14-15H2,1H3. The summed E-state index contributed by atoms with van der Waals surface area (Å²) < 4.78 is 12.0. The summed E-state index contributed by atoms with van der Waals surface area (Å²) in [7, 11) is 1.63. The molecule has 8 nitrogen and oxygen atoms in total. The van der Waals surface area contributed by atoms with Crippen LogP contribution in [-0.2, 0) is 4.79 Å². The molecule has 0 N–H and O–H groups in total. The van der Waals surface area contributed by atoms with E-state index in [1.807, 2.05) is 48.5 Å². The molecule has 1 unspecified atom stereocenters. The van der Waals surface area contributed by atoms with E-state index in [-0.39, 0.29) is 17.7 Å². The molecule has 3 heterocycles. The molecule has 2 aromatic heterocycles. The summed E-state index contributed by atoms with van der Waals surface area (Å²) in [4.78, 5) is 17.3. The fourth-order valence-corrected chi connectivity index (χ4v) is 4.59. The molecule has 10 heteroatoms. The fraction of sp³-hybridized carbons (Fsp3) is 0.160. The Morgan fingerprint density at radius 1 is 1.06 bits per heavy atom. The highest BCUT2D eigenvalue weighted by Gasteiger charge is 2.33. The van der Waals surface area contributed by atoms with Gasteiger partial charge in [0.2, 0.25) is 5.89 Å². The third kappa shape index (κ3) is 5.28. The number of carbonyl (C=O) groups is 1. The topological polar surface area (TPSA) is 93.7 Å². The number of carbonyl (C=O) groups excluding carboxylic acids is 1. The van der Waals surface area contributed by atoms with Crippen molar-refractivity contribution in [3.8, 4) is 17.2 Å². The van der Waals surface area contributed by atoms with Crippen molar-refractivity contribution in [1.29, 1.82) is 0 Å². The van der Waals surface area contributed by atoms with E-state index in [0.717, 1.165) is 32.6 Å². The Kier molecular flexibility index (Phi) is 6.91. The Balaban J connectivity index is 1.35. The maximum atomic E-state index is 13.3. The number of halogens is 1. The molecule has 1 aliphatic rings. The van der Waals surface area contributed by atoms with E-state index in [2.05, 4.69) is 31.1 Å². The number of benzene rings is 2. The molecule has 35 heavy (non-hydrogen) atoms. The van der Waals surface area contributed by atoms with Crippen molar-refractivity contribution in [2.45, 2.75) is 17.7 Å². The lowest BCUT2D eigenvalue weighted by Gasteiger charge is -2.22. The number of amides is 1. The van der Waals surface area contributed by atoms with Crippen LogP contribution in [0.4, 0.5) is 0 Å². The van der Waals surface area contributed by atoms with Gasteiger partial charge in [-0.2, -0.15) is 5.10 Å². The van der Waals surface area contributed by atoms with Gasteiger partial charge in [0, 0.05) is 28.9 Å². The predicted molar refractivity (Wildman–Crippen MR) is 136 cm³/mol. The molecule has 0 radical (unpaired) electrons. The van der Waals surface area contributed by atoms with Gasteiger partial charge in [-0.3, -0.25) is 9.78 Å². The summed E-state index contributed by atoms with van der Waals surface area (Å²) >= 11 is 4.66. The molecule has 5 rings (SSSR count). The molecule has 0 saturated carbocycles. The van der Waals surface area contributed by atoms with E-state index in [9.17, 15) is 4.79 Å². The number of hydrazone groups is 1. The Bertz CT molecular complexity index is 1340. The summed E-state index contributed by atoms with van der Waals surface area (Å²) in [5.41, 5.74) is 3.59. The van der Waals surface area contributed by atoms with Crippen LogP contribution in [0.2, 0.25) is 0 Å². The minimum Gasteiger partial charge on any atom is -0.497 e. The van der Waals surface area contributed by atoms with Crippen LogP contribution in [0, 0.1) is 0 Å². The average molecular weight is 550 g/mol. The normalized spacial score (nSPS) is 15.2. The van der Waals surface area contributed by atoms with E-state index in [1.165, 1.54) is 11.8 Å². The lowest BCUT2D eigenvalue weighted by atomic mass is 9.98. The molecule has 0 aliphatic carbocycles. The summed E-state index contributed by atoms with van der Waals surface area (Å²) in [5.74, 6) is 1.11. The molecule has 1 aliphatic heterocycles. The molecular formula is C25H20BrN5O3S. The van der Waals surface area contributed by atoms with Crippen LogP contribution in [0.5, 0.6) is 5.75 Å². The molecule has 0 fully saturated rings. The molecule has 0 saturated heterocycles. The van der Waals surface area contributed by atoms with Crippen LogP contribution in [0.25, 0.3) is 11.5 Å². The predicted octanol–water partition coefficient (Wildman–Crippen LogP) is 5.37. The summed E-state index contributed by atoms with van der Waals surface area (Å²) in [5, 5.41) is 14.7. The molecule has 2 aromatic carbocycles. The Morgan fingerprint density at radius 3 is 2.51 bits per heavy atom. The van der Waals surface area contributed by atoms with Gasteiger partial charge in [0.1, 0.15) is 5.75 Å². The number of methoxy groups -OCH3 is 1. The number of pyridine rings is 1. The van der Waals surface area contributed by atoms with Gasteiger partial charge in [0.25, 0.3) is 11.1 Å². The average Bonchev–Trinajstić information content (AvgIpc) is 3.56. The second kappa shape index (κ2) is 10.4. The molecule has 0 bridgehead atoms. The lowest BCUT2D eigenvalue weighted by molar-refractivity contribution is -0.130. The van der Waals surface area contributed by atoms with Crippen LogP contribution in [0.15, 0.2) is 92.3 Å². The van der Waals surface area contributed by atoms with E-state index in [1.54, 1.807) is 36.6 Å². The third-order valence-corrected chi connectivity index (χ3v) is 6.83. The van der Waals surface area contributed by atoms with Crippen LogP contribution >= 0.6 is 27.7 Å². The van der Waals surface area contributed by atoms with Crippen molar-refractivity contribution in [3.63, 3.8) is 0 Å². The van der Waals surface area contributed by atoms with Gasteiger partial charge < -0.3 is 9.15 Å². The summed E-state index contributed by atoms with van der Waals surface area (Å²) in [6, 6.07) is 19.0. The lowest BCUT2D eigenvalue weighted by Crippen LogP contribution is -2.28. The van der Waals surface area contributed by atoms with Gasteiger partial charge in [-0.25, -0.2) is 5.01 Å². The van der Waals surface area contributed by atoms with Crippen molar-refractivity contribution in [3.05, 3.63) is 88.7 Å². The van der Waals surface area contributed by atoms with Gasteiger partial charge in [-0.15, -0.1) is 10.2 Å². The van der Waals surface area contributed by atoms with E-state index in [4.69, 9.17) is 14.3 Å². The summed E-state index contributed by atoms with van der Waals surface area (Å²) in [6.07, 6.45) is 3.92. The van der Waals surface area contributed by atoms with Crippen LogP contribution in [-0.4, -0.2) is 44.7 Å². The van der Waals surface area contributed by atoms with Gasteiger partial charge in [-0.05, 0) is 47.5 Å². The first-order valence-electron chi connectivity index (χ1n) is 10.8. The van der Waals surface area contributed by atoms with Crippen molar-refractivity contribution in [2.75, 3.05) is 12.9 Å². The van der Waals surface area contributed by atoms with Crippen molar-refractivity contribution in [2.24, 2.45) is 5.10 Å². The monoisotopic (exact) mass is 549 g/mol. The fourth-order valence-electron chi connectivity index (χ4n) is 3.71. The zero-order valence-electron chi connectivity index (χ0n) is 18.7. The molecule has 1 amide bonds. The van der Waals surface area contributed by atoms with Crippen LogP contribution < -0.4 is 4.74 Å². The SMILES string of the molecule is COc1ccc(C2CC(c3ccc(Br)cc3)=NN2C(=O)CSc2nnc(-c3ccncc3)o2)cc1. The Labute approximate surface area is 214 Å². The quantitative estimate of drug-likeness (QED) is 0.286. The smallest absolute Gasteiger partial charge is 0.277 e. The first-order valence-corrected chi connectivity index (χ1v) is 12.5. The largest absolute Gasteiger partial charge is 0.497 e. The number of thioether (sulfide) groups is 1. The number of rotatable bonds is 7. The number of ether oxygens (including phenoxy) is 1. The van der Waals surface area contributed by atoms with Crippen molar-refractivity contribution < 1.29 is 13.9 Å². The Hall–Kier alpha value is -3.50. The highest BCUT2D eigenvalue weighted by molar-refractivity contribution is 9.10. The number of aromatic nitrogens is 3.